The molecule has 0 atom stereocenters. The van der Waals surface area contributed by atoms with Gasteiger partial charge in [-0.2, -0.15) is 0 Å². The highest BCUT2D eigenvalue weighted by molar-refractivity contribution is 9.10. The molecule has 0 saturated heterocycles. The summed E-state index contributed by atoms with van der Waals surface area (Å²) >= 11 is 9.14. The second-order valence-electron chi connectivity index (χ2n) is 4.36. The lowest BCUT2D eigenvalue weighted by Crippen LogP contribution is -2.32. The van der Waals surface area contributed by atoms with Gasteiger partial charge < -0.3 is 14.4 Å². The zero-order valence-electron chi connectivity index (χ0n) is 11.9. The number of halogens is 2. The lowest BCUT2D eigenvalue weighted by Gasteiger charge is -2.17. The van der Waals surface area contributed by atoms with Crippen molar-refractivity contribution in [1.82, 2.24) is 4.90 Å². The first-order valence-electron chi connectivity index (χ1n) is 6.32. The smallest absolute Gasteiger partial charge is 0.305 e. The van der Waals surface area contributed by atoms with Gasteiger partial charge >= 0.3 is 5.97 Å². The molecule has 0 spiro atoms. The molecule has 116 valence electrons. The number of hydrogen-bond acceptors (Lipinski definition) is 4. The maximum atomic E-state index is 11.9. The summed E-state index contributed by atoms with van der Waals surface area (Å²) < 4.78 is 10.7. The van der Waals surface area contributed by atoms with Crippen LogP contribution < -0.4 is 4.74 Å². The first kappa shape index (κ1) is 17.8. The van der Waals surface area contributed by atoms with Gasteiger partial charge in [0.2, 0.25) is 0 Å². The van der Waals surface area contributed by atoms with Crippen molar-refractivity contribution in [3.63, 3.8) is 0 Å². The van der Waals surface area contributed by atoms with E-state index in [4.69, 9.17) is 16.3 Å². The zero-order valence-corrected chi connectivity index (χ0v) is 14.2. The molecule has 0 aliphatic carbocycles. The molecular weight excluding hydrogens is 362 g/mol. The minimum absolute atomic E-state index is 0.0744. The molecule has 1 aromatic rings. The molecule has 0 aliphatic rings. The van der Waals surface area contributed by atoms with Crippen LogP contribution in [0.1, 0.15) is 12.8 Å². The predicted octanol–water partition coefficient (Wildman–Crippen LogP) is 2.89. The third-order valence-corrected chi connectivity index (χ3v) is 3.63. The molecule has 0 bridgehead atoms. The van der Waals surface area contributed by atoms with E-state index in [0.29, 0.717) is 28.2 Å². The van der Waals surface area contributed by atoms with E-state index in [1.54, 1.807) is 25.2 Å². The van der Waals surface area contributed by atoms with E-state index in [1.165, 1.54) is 12.0 Å². The number of nitrogens with zero attached hydrogens (tertiary/aromatic N) is 1. The van der Waals surface area contributed by atoms with Gasteiger partial charge in [0.1, 0.15) is 5.75 Å². The monoisotopic (exact) mass is 377 g/mol. The van der Waals surface area contributed by atoms with Gasteiger partial charge in [0.25, 0.3) is 5.91 Å². The van der Waals surface area contributed by atoms with Gasteiger partial charge in [-0.3, -0.25) is 9.59 Å². The lowest BCUT2D eigenvalue weighted by atomic mass is 10.3. The van der Waals surface area contributed by atoms with Crippen LogP contribution >= 0.6 is 27.5 Å². The van der Waals surface area contributed by atoms with E-state index in [9.17, 15) is 9.59 Å². The highest BCUT2D eigenvalue weighted by Crippen LogP contribution is 2.27. The first-order valence-corrected chi connectivity index (χ1v) is 7.49. The van der Waals surface area contributed by atoms with Crippen LogP contribution in [0.2, 0.25) is 5.02 Å². The summed E-state index contributed by atoms with van der Waals surface area (Å²) in [6, 6.07) is 5.07. The number of carbonyl (C=O) groups excluding carboxylic acids is 2. The highest BCUT2D eigenvalue weighted by Gasteiger charge is 2.11. The number of amides is 1. The van der Waals surface area contributed by atoms with Gasteiger partial charge in [0.15, 0.2) is 6.61 Å². The van der Waals surface area contributed by atoms with Gasteiger partial charge in [0, 0.05) is 25.0 Å². The Balaban J connectivity index is 2.37. The normalized spacial score (nSPS) is 10.1. The van der Waals surface area contributed by atoms with Crippen LogP contribution in [0.4, 0.5) is 0 Å². The number of methoxy groups -OCH3 is 1. The second-order valence-corrected chi connectivity index (χ2v) is 5.65. The van der Waals surface area contributed by atoms with Crippen LogP contribution in [0.3, 0.4) is 0 Å². The topological polar surface area (TPSA) is 55.8 Å². The average molecular weight is 379 g/mol. The maximum absolute atomic E-state index is 11.9. The fourth-order valence-electron chi connectivity index (χ4n) is 1.53. The fraction of sp³-hybridized carbons (Fsp3) is 0.429. The Morgan fingerprint density at radius 2 is 2.10 bits per heavy atom. The molecule has 1 amide bonds. The number of benzene rings is 1. The Bertz CT molecular complexity index is 510. The first-order chi connectivity index (χ1) is 9.93. The largest absolute Gasteiger partial charge is 0.483 e. The number of esters is 1. The minimum atomic E-state index is -0.280. The van der Waals surface area contributed by atoms with Gasteiger partial charge in [-0.25, -0.2) is 0 Å². The lowest BCUT2D eigenvalue weighted by molar-refractivity contribution is -0.141. The van der Waals surface area contributed by atoms with Crippen molar-refractivity contribution in [3.05, 3.63) is 27.7 Å². The molecule has 0 aliphatic heterocycles. The van der Waals surface area contributed by atoms with E-state index in [0.717, 1.165) is 0 Å². The molecular formula is C14H17BrClNO4. The highest BCUT2D eigenvalue weighted by atomic mass is 79.9. The molecule has 0 unspecified atom stereocenters. The number of likely N-dealkylation sites (N-methyl/N-ethyl adjacent to an activating group) is 1. The molecule has 5 nitrogen and oxygen atoms in total. The van der Waals surface area contributed by atoms with Crippen molar-refractivity contribution in [1.29, 1.82) is 0 Å². The summed E-state index contributed by atoms with van der Waals surface area (Å²) in [5, 5.41) is 0.584. The number of hydrogen-bond donors (Lipinski definition) is 0. The van der Waals surface area contributed by atoms with Gasteiger partial charge in [-0.05, 0) is 40.5 Å². The minimum Gasteiger partial charge on any atom is -0.483 e. The van der Waals surface area contributed by atoms with Crippen molar-refractivity contribution in [2.24, 2.45) is 0 Å². The molecule has 0 aromatic heterocycles. The summed E-state index contributed by atoms with van der Waals surface area (Å²) in [5.74, 6) is 0.106. The molecule has 1 aromatic carbocycles. The summed E-state index contributed by atoms with van der Waals surface area (Å²) in [5.41, 5.74) is 0. The Labute approximate surface area is 137 Å². The maximum Gasteiger partial charge on any atom is 0.305 e. The molecule has 1 rings (SSSR count). The Hall–Kier alpha value is -1.27. The number of carbonyl (C=O) groups is 2. The molecule has 0 N–H and O–H groups in total. The molecule has 0 saturated carbocycles. The van der Waals surface area contributed by atoms with E-state index in [2.05, 4.69) is 20.7 Å². The standard InChI is InChI=1S/C14H17BrClNO4/c1-17(7-3-4-14(19)20-2)13(18)9-21-12-6-5-10(16)8-11(12)15/h5-6,8H,3-4,7,9H2,1-2H3. The third kappa shape index (κ3) is 6.35. The Morgan fingerprint density at radius 3 is 2.71 bits per heavy atom. The van der Waals surface area contributed by atoms with E-state index < -0.39 is 0 Å². The number of rotatable bonds is 7. The van der Waals surface area contributed by atoms with Crippen LogP contribution in [0.5, 0.6) is 5.75 Å². The van der Waals surface area contributed by atoms with Gasteiger partial charge in [0.05, 0.1) is 11.6 Å². The summed E-state index contributed by atoms with van der Waals surface area (Å²) in [4.78, 5) is 24.4. The van der Waals surface area contributed by atoms with Crippen LogP contribution in [0, 0.1) is 0 Å². The summed E-state index contributed by atoms with van der Waals surface area (Å²) in [7, 11) is 3.01. The molecule has 0 heterocycles. The quantitative estimate of drug-likeness (QED) is 0.685. The average Bonchev–Trinajstić information content (AvgIpc) is 2.45. The summed E-state index contributed by atoms with van der Waals surface area (Å²) in [6.45, 7) is 0.397. The molecule has 7 heteroatoms. The second kappa shape index (κ2) is 8.89. The van der Waals surface area contributed by atoms with Crippen LogP contribution in [0.15, 0.2) is 22.7 Å². The molecule has 0 fully saturated rings. The van der Waals surface area contributed by atoms with Crippen LogP contribution in [0.25, 0.3) is 0 Å². The zero-order chi connectivity index (χ0) is 15.8. The Morgan fingerprint density at radius 1 is 1.38 bits per heavy atom. The predicted molar refractivity (Wildman–Crippen MR) is 83.5 cm³/mol. The molecule has 0 radical (unpaired) electrons. The van der Waals surface area contributed by atoms with Crippen molar-refractivity contribution >= 4 is 39.4 Å². The molecule has 21 heavy (non-hydrogen) atoms. The number of ether oxygens (including phenoxy) is 2. The third-order valence-electron chi connectivity index (χ3n) is 2.77. The fourth-order valence-corrected chi connectivity index (χ4v) is 2.33. The van der Waals surface area contributed by atoms with Crippen molar-refractivity contribution in [3.8, 4) is 5.75 Å². The van der Waals surface area contributed by atoms with E-state index >= 15 is 0 Å². The Kier molecular flexibility index (Phi) is 7.53. The summed E-state index contributed by atoms with van der Waals surface area (Å²) in [6.07, 6.45) is 0.845. The van der Waals surface area contributed by atoms with Gasteiger partial charge in [-0.15, -0.1) is 0 Å². The van der Waals surface area contributed by atoms with Crippen molar-refractivity contribution in [2.75, 3.05) is 27.3 Å². The van der Waals surface area contributed by atoms with Gasteiger partial charge in [-0.1, -0.05) is 11.6 Å². The van der Waals surface area contributed by atoms with Crippen LogP contribution in [-0.4, -0.2) is 44.1 Å². The van der Waals surface area contributed by atoms with E-state index in [1.807, 2.05) is 0 Å². The SMILES string of the molecule is COC(=O)CCCN(C)C(=O)COc1ccc(Cl)cc1Br. The van der Waals surface area contributed by atoms with Crippen molar-refractivity contribution < 1.29 is 19.1 Å². The van der Waals surface area contributed by atoms with E-state index in [-0.39, 0.29) is 24.9 Å². The van der Waals surface area contributed by atoms with Crippen molar-refractivity contribution in [2.45, 2.75) is 12.8 Å². The van der Waals surface area contributed by atoms with Crippen LogP contribution in [-0.2, 0) is 14.3 Å².